The van der Waals surface area contributed by atoms with Crippen LogP contribution in [-0.2, 0) is 30.8 Å². The van der Waals surface area contributed by atoms with Crippen molar-refractivity contribution in [2.24, 2.45) is 0 Å². The summed E-state index contributed by atoms with van der Waals surface area (Å²) in [6.07, 6.45) is 5.94. The van der Waals surface area contributed by atoms with Crippen LogP contribution >= 0.6 is 11.8 Å². The molecule has 3 aliphatic rings. The van der Waals surface area contributed by atoms with Crippen LogP contribution in [-0.4, -0.2) is 75.1 Å². The summed E-state index contributed by atoms with van der Waals surface area (Å²) in [7, 11) is -3.08. The van der Waals surface area contributed by atoms with Crippen LogP contribution in [0.4, 0.5) is 0 Å². The maximum Gasteiger partial charge on any atom is 0.252 e. The molecule has 174 valence electrons. The first-order chi connectivity index (χ1) is 15.3. The highest BCUT2D eigenvalue weighted by Gasteiger charge is 2.50. The molecule has 1 aromatic heterocycles. The van der Waals surface area contributed by atoms with Gasteiger partial charge in [-0.2, -0.15) is 0 Å². The van der Waals surface area contributed by atoms with Crippen molar-refractivity contribution in [1.82, 2.24) is 25.0 Å². The predicted molar refractivity (Wildman–Crippen MR) is 118 cm³/mol. The lowest BCUT2D eigenvalue weighted by Gasteiger charge is -2.47. The minimum atomic E-state index is -3.08. The molecule has 4 rings (SSSR count). The Morgan fingerprint density at radius 3 is 2.66 bits per heavy atom. The van der Waals surface area contributed by atoms with Gasteiger partial charge in [0.05, 0.1) is 17.3 Å². The van der Waals surface area contributed by atoms with Crippen molar-refractivity contribution in [3.05, 3.63) is 18.5 Å². The summed E-state index contributed by atoms with van der Waals surface area (Å²) in [6.45, 7) is 4.02. The average Bonchev–Trinajstić information content (AvgIpc) is 3.32. The number of hydrogen-bond acceptors (Lipinski definition) is 8. The van der Waals surface area contributed by atoms with E-state index >= 15 is 0 Å². The molecular weight excluding hydrogens is 454 g/mol. The first kappa shape index (κ1) is 23.0. The van der Waals surface area contributed by atoms with Gasteiger partial charge in [-0.15, -0.1) is 16.8 Å². The molecule has 3 amide bonds. The van der Waals surface area contributed by atoms with Gasteiger partial charge in [0, 0.05) is 12.5 Å². The van der Waals surface area contributed by atoms with Crippen LogP contribution in [0.3, 0.4) is 0 Å². The monoisotopic (exact) mass is 481 g/mol. The lowest BCUT2D eigenvalue weighted by atomic mass is 9.78. The molecule has 0 radical (unpaired) electrons. The topological polar surface area (TPSA) is 131 Å². The molecule has 2 saturated heterocycles. The lowest BCUT2D eigenvalue weighted by molar-refractivity contribution is -0.158. The average molecular weight is 482 g/mol. The van der Waals surface area contributed by atoms with Crippen LogP contribution in [0.1, 0.15) is 50.3 Å². The molecule has 1 aliphatic carbocycles. The fraction of sp³-hybridized carbons (Fsp3) is 0.650. The zero-order chi connectivity index (χ0) is 22.9. The molecule has 1 atom stereocenters. The van der Waals surface area contributed by atoms with E-state index in [4.69, 9.17) is 0 Å². The maximum atomic E-state index is 13.2. The number of hydrogen-bond donors (Lipinski definition) is 1. The summed E-state index contributed by atoms with van der Waals surface area (Å²) in [6, 6.07) is 0. The van der Waals surface area contributed by atoms with Gasteiger partial charge in [-0.1, -0.05) is 37.1 Å². The Labute approximate surface area is 191 Å². The van der Waals surface area contributed by atoms with E-state index < -0.39 is 21.3 Å². The molecule has 0 aromatic carbocycles. The number of carbonyl (C=O) groups excluding carboxylic acids is 3. The number of piperazine rings is 1. The largest absolute Gasteiger partial charge is 0.318 e. The number of carbonyl (C=O) groups is 3. The second-order valence-corrected chi connectivity index (χ2v) is 11.7. The van der Waals surface area contributed by atoms with Crippen LogP contribution in [0, 0.1) is 0 Å². The molecule has 1 spiro atoms. The Morgan fingerprint density at radius 1 is 1.25 bits per heavy atom. The first-order valence-corrected chi connectivity index (χ1v) is 13.6. The van der Waals surface area contributed by atoms with Crippen molar-refractivity contribution >= 4 is 39.3 Å². The molecule has 3 fully saturated rings. The summed E-state index contributed by atoms with van der Waals surface area (Å²) < 4.78 is 25.6. The number of aromatic nitrogens is 3. The van der Waals surface area contributed by atoms with E-state index in [2.05, 4.69) is 22.1 Å². The van der Waals surface area contributed by atoms with Gasteiger partial charge in [-0.3, -0.25) is 19.7 Å². The summed E-state index contributed by atoms with van der Waals surface area (Å²) in [5, 5.41) is 11.3. The number of thioether (sulfide) groups is 1. The van der Waals surface area contributed by atoms with Crippen molar-refractivity contribution in [3.63, 3.8) is 0 Å². The Bertz CT molecular complexity index is 1040. The molecular formula is C20H27N5O5S2. The number of rotatable bonds is 6. The standard InChI is InChI=1S/C20H27N5O5S2/c1-2-9-24-17(14-6-10-32(29,30)13-14)22-23-19(24)31-12-16(27)25-11-15(26)21-18(28)20(25)7-4-3-5-8-20/h2,14H,1,3-13H2,(H,21,26,28)/t14-/m1/s1. The minimum Gasteiger partial charge on any atom is -0.318 e. The second-order valence-electron chi connectivity index (χ2n) is 8.58. The maximum absolute atomic E-state index is 13.2. The van der Waals surface area contributed by atoms with E-state index in [0.717, 1.165) is 19.3 Å². The second kappa shape index (κ2) is 8.97. The molecule has 3 heterocycles. The predicted octanol–water partition coefficient (Wildman–Crippen LogP) is 0.646. The van der Waals surface area contributed by atoms with Crippen LogP contribution in [0.5, 0.6) is 0 Å². The van der Waals surface area contributed by atoms with E-state index in [9.17, 15) is 22.8 Å². The number of amides is 3. The zero-order valence-electron chi connectivity index (χ0n) is 17.8. The van der Waals surface area contributed by atoms with Gasteiger partial charge in [0.2, 0.25) is 11.8 Å². The Hall–Kier alpha value is -2.21. The van der Waals surface area contributed by atoms with E-state index in [1.54, 1.807) is 10.6 Å². The van der Waals surface area contributed by atoms with E-state index in [1.807, 2.05) is 0 Å². The van der Waals surface area contributed by atoms with Crippen LogP contribution in [0.25, 0.3) is 0 Å². The number of nitrogens with zero attached hydrogens (tertiary/aromatic N) is 4. The molecule has 0 unspecified atom stereocenters. The SMILES string of the molecule is C=CCn1c(SCC(=O)N2CC(=O)NC(=O)C23CCCCC3)nnc1[C@@H]1CCS(=O)(=O)C1. The fourth-order valence-electron chi connectivity index (χ4n) is 4.87. The minimum absolute atomic E-state index is 0.000547. The van der Waals surface area contributed by atoms with Gasteiger partial charge < -0.3 is 9.47 Å². The van der Waals surface area contributed by atoms with Crippen molar-refractivity contribution in [1.29, 1.82) is 0 Å². The van der Waals surface area contributed by atoms with Gasteiger partial charge in [-0.05, 0) is 19.3 Å². The van der Waals surface area contributed by atoms with Crippen LogP contribution in [0.15, 0.2) is 17.8 Å². The number of nitrogens with one attached hydrogen (secondary N) is 1. The number of imide groups is 1. The third kappa shape index (κ3) is 4.34. The van der Waals surface area contributed by atoms with Crippen molar-refractivity contribution in [2.75, 3.05) is 23.8 Å². The van der Waals surface area contributed by atoms with Crippen molar-refractivity contribution in [3.8, 4) is 0 Å². The summed E-state index contributed by atoms with van der Waals surface area (Å²) in [4.78, 5) is 39.3. The normalized spacial score (nSPS) is 24.5. The molecule has 32 heavy (non-hydrogen) atoms. The lowest BCUT2D eigenvalue weighted by Crippen LogP contribution is -2.69. The Balaban J connectivity index is 1.51. The molecule has 1 saturated carbocycles. The van der Waals surface area contributed by atoms with Gasteiger partial charge in [0.25, 0.3) is 5.91 Å². The summed E-state index contributed by atoms with van der Waals surface area (Å²) in [5.74, 6) is -0.621. The van der Waals surface area contributed by atoms with Gasteiger partial charge in [0.15, 0.2) is 15.0 Å². The highest BCUT2D eigenvalue weighted by Crippen LogP contribution is 2.36. The Kier molecular flexibility index (Phi) is 6.44. The molecule has 0 bridgehead atoms. The zero-order valence-corrected chi connectivity index (χ0v) is 19.4. The quantitative estimate of drug-likeness (QED) is 0.356. The smallest absolute Gasteiger partial charge is 0.252 e. The highest BCUT2D eigenvalue weighted by molar-refractivity contribution is 7.99. The summed E-state index contributed by atoms with van der Waals surface area (Å²) >= 11 is 1.18. The third-order valence-corrected chi connectivity index (χ3v) is 9.17. The number of sulfone groups is 1. The third-order valence-electron chi connectivity index (χ3n) is 6.46. The molecule has 12 heteroatoms. The molecule has 1 N–H and O–H groups in total. The fourth-order valence-corrected chi connectivity index (χ4v) is 7.44. The molecule has 10 nitrogen and oxygen atoms in total. The van der Waals surface area contributed by atoms with E-state index in [1.165, 1.54) is 16.7 Å². The van der Waals surface area contributed by atoms with Gasteiger partial charge in [-0.25, -0.2) is 8.42 Å². The van der Waals surface area contributed by atoms with Gasteiger partial charge in [0.1, 0.15) is 17.9 Å². The first-order valence-electron chi connectivity index (χ1n) is 10.8. The van der Waals surface area contributed by atoms with Crippen molar-refractivity contribution in [2.45, 2.75) is 61.7 Å². The van der Waals surface area contributed by atoms with Crippen molar-refractivity contribution < 1.29 is 22.8 Å². The Morgan fingerprint density at radius 2 is 2.00 bits per heavy atom. The number of allylic oxidation sites excluding steroid dienone is 1. The van der Waals surface area contributed by atoms with Gasteiger partial charge >= 0.3 is 0 Å². The van der Waals surface area contributed by atoms with Crippen LogP contribution in [0.2, 0.25) is 0 Å². The summed E-state index contributed by atoms with van der Waals surface area (Å²) in [5.41, 5.74) is -0.956. The molecule has 2 aliphatic heterocycles. The van der Waals surface area contributed by atoms with Crippen LogP contribution < -0.4 is 5.32 Å². The highest BCUT2D eigenvalue weighted by atomic mass is 32.2. The molecule has 1 aromatic rings. The van der Waals surface area contributed by atoms with E-state index in [-0.39, 0.29) is 41.5 Å². The van der Waals surface area contributed by atoms with E-state index in [0.29, 0.717) is 36.8 Å².